The molecule has 0 aromatic carbocycles. The quantitative estimate of drug-likeness (QED) is 0.193. The number of aliphatic hydroxyl groups excluding tert-OH is 1. The van der Waals surface area contributed by atoms with Gasteiger partial charge < -0.3 is 10.6 Å². The van der Waals surface area contributed by atoms with Crippen molar-refractivity contribution in [2.24, 2.45) is 56.7 Å². The summed E-state index contributed by atoms with van der Waals surface area (Å²) >= 11 is 0. The highest BCUT2D eigenvalue weighted by Gasteiger charge is 2.70. The standard InChI is InChI=1S/C32H50N2O2/c1-20(2)22-10-15-32(18-21(35)19-34-33)17-16-30(6)23(27(22)32)8-9-25-29(5)13-12-26(36)28(3,4)24(29)11-14-31(25,30)7/h19,22-27,36H,1,8-18H2,2-7H3/t22-,23+,24-,25+,26-,27+,29-,30+,31+,32+/m0/s1. The minimum atomic E-state index is -0.183. The first-order valence-electron chi connectivity index (χ1n) is 14.8. The molecule has 0 aromatic heterocycles. The summed E-state index contributed by atoms with van der Waals surface area (Å²) < 4.78 is 0. The number of rotatable bonds is 4. The summed E-state index contributed by atoms with van der Waals surface area (Å²) in [6.07, 6.45) is 13.1. The highest BCUT2D eigenvalue weighted by molar-refractivity contribution is 6.25. The normalized spacial score (nSPS) is 51.1. The maximum Gasteiger partial charge on any atom is 0.323 e. The van der Waals surface area contributed by atoms with Crippen LogP contribution in [0.15, 0.2) is 12.2 Å². The first-order valence-corrected chi connectivity index (χ1v) is 14.8. The molecule has 36 heavy (non-hydrogen) atoms. The van der Waals surface area contributed by atoms with Gasteiger partial charge in [-0.25, -0.2) is 0 Å². The third-order valence-corrected chi connectivity index (χ3v) is 13.9. The van der Waals surface area contributed by atoms with Crippen LogP contribution in [0, 0.1) is 56.7 Å². The van der Waals surface area contributed by atoms with E-state index in [-0.39, 0.29) is 39.0 Å². The maximum atomic E-state index is 12.8. The molecule has 0 bridgehead atoms. The number of nitrogens with zero attached hydrogens (tertiary/aromatic N) is 2. The van der Waals surface area contributed by atoms with Crippen LogP contribution in [0.2, 0.25) is 0 Å². The third-order valence-electron chi connectivity index (χ3n) is 13.9. The monoisotopic (exact) mass is 494 g/mol. The van der Waals surface area contributed by atoms with Crippen LogP contribution < -0.4 is 0 Å². The van der Waals surface area contributed by atoms with Gasteiger partial charge in [-0.3, -0.25) is 4.79 Å². The van der Waals surface area contributed by atoms with Crippen LogP contribution in [-0.4, -0.2) is 28.0 Å². The van der Waals surface area contributed by atoms with Crippen molar-refractivity contribution in [3.05, 3.63) is 17.7 Å². The second-order valence-electron chi connectivity index (χ2n) is 15.3. The lowest BCUT2D eigenvalue weighted by atomic mass is 9.32. The van der Waals surface area contributed by atoms with E-state index < -0.39 is 0 Å². The Bertz CT molecular complexity index is 996. The van der Waals surface area contributed by atoms with Gasteiger partial charge in [-0.15, -0.1) is 0 Å². The fourth-order valence-electron chi connectivity index (χ4n) is 12.0. The number of hydrogen-bond donors (Lipinski definition) is 1. The third kappa shape index (κ3) is 3.32. The van der Waals surface area contributed by atoms with Crippen molar-refractivity contribution in [1.82, 2.24) is 0 Å². The molecular formula is C32H50N2O2. The topological polar surface area (TPSA) is 73.7 Å². The Kier molecular flexibility index (Phi) is 6.13. The van der Waals surface area contributed by atoms with Crippen LogP contribution in [0.3, 0.4) is 0 Å². The predicted molar refractivity (Wildman–Crippen MR) is 144 cm³/mol. The largest absolute Gasteiger partial charge is 0.393 e. The lowest BCUT2D eigenvalue weighted by Crippen LogP contribution is -2.66. The number of fused-ring (bicyclic) bond motifs is 7. The van der Waals surface area contributed by atoms with Crippen molar-refractivity contribution in [3.8, 4) is 0 Å². The first-order chi connectivity index (χ1) is 16.8. The number of Topliss-reactive ketones (excluding diaryl/α,β-unsaturated/α-hetero) is 1. The molecule has 5 fully saturated rings. The highest BCUT2D eigenvalue weighted by atomic mass is 16.3. The highest BCUT2D eigenvalue weighted by Crippen LogP contribution is 2.77. The van der Waals surface area contributed by atoms with Gasteiger partial charge in [0.25, 0.3) is 0 Å². The molecule has 4 heteroatoms. The number of carbonyl (C=O) groups excluding carboxylic acids is 1. The van der Waals surface area contributed by atoms with Crippen molar-refractivity contribution in [2.45, 2.75) is 118 Å². The molecule has 0 heterocycles. The van der Waals surface area contributed by atoms with Crippen LogP contribution in [0.5, 0.6) is 0 Å². The summed E-state index contributed by atoms with van der Waals surface area (Å²) in [7, 11) is 0. The number of ketones is 1. The zero-order valence-corrected chi connectivity index (χ0v) is 23.8. The van der Waals surface area contributed by atoms with E-state index in [2.05, 4.69) is 52.9 Å². The smallest absolute Gasteiger partial charge is 0.323 e. The molecule has 0 aliphatic heterocycles. The molecule has 0 aromatic rings. The average molecular weight is 495 g/mol. The minimum absolute atomic E-state index is 0.0150. The molecule has 0 amide bonds. The summed E-state index contributed by atoms with van der Waals surface area (Å²) in [6.45, 7) is 19.2. The van der Waals surface area contributed by atoms with Crippen molar-refractivity contribution >= 4 is 12.0 Å². The van der Waals surface area contributed by atoms with Crippen molar-refractivity contribution in [3.63, 3.8) is 0 Å². The predicted octanol–water partition coefficient (Wildman–Crippen LogP) is 7.26. The number of allylic oxidation sites excluding steroid dienone is 1. The van der Waals surface area contributed by atoms with Gasteiger partial charge in [-0.05, 0) is 128 Å². The zero-order valence-electron chi connectivity index (χ0n) is 23.8. The Hall–Kier alpha value is -1.25. The van der Waals surface area contributed by atoms with E-state index in [9.17, 15) is 9.90 Å². The van der Waals surface area contributed by atoms with Crippen molar-refractivity contribution in [1.29, 1.82) is 0 Å². The van der Waals surface area contributed by atoms with E-state index in [0.717, 1.165) is 38.3 Å². The van der Waals surface area contributed by atoms with E-state index in [4.69, 9.17) is 5.53 Å². The second-order valence-corrected chi connectivity index (χ2v) is 15.3. The summed E-state index contributed by atoms with van der Waals surface area (Å²) in [5.41, 5.74) is 11.1. The summed E-state index contributed by atoms with van der Waals surface area (Å²) in [4.78, 5) is 15.9. The van der Waals surface area contributed by atoms with E-state index in [1.807, 2.05) is 0 Å². The van der Waals surface area contributed by atoms with Gasteiger partial charge in [-0.1, -0.05) is 46.8 Å². The van der Waals surface area contributed by atoms with Crippen molar-refractivity contribution in [2.75, 3.05) is 0 Å². The van der Waals surface area contributed by atoms with E-state index in [1.54, 1.807) is 0 Å². The van der Waals surface area contributed by atoms with Gasteiger partial charge in [0, 0.05) is 6.42 Å². The molecule has 5 aliphatic carbocycles. The molecule has 5 rings (SSSR count). The van der Waals surface area contributed by atoms with Gasteiger partial charge in [0.05, 0.1) is 6.10 Å². The van der Waals surface area contributed by atoms with E-state index in [1.165, 1.54) is 37.7 Å². The summed E-state index contributed by atoms with van der Waals surface area (Å²) in [5.74, 6) is 2.85. The van der Waals surface area contributed by atoms with Crippen LogP contribution in [0.1, 0.15) is 112 Å². The van der Waals surface area contributed by atoms with E-state index in [0.29, 0.717) is 36.0 Å². The Labute approximate surface area is 219 Å². The number of hydrogen-bond acceptors (Lipinski definition) is 2. The second kappa shape index (κ2) is 8.37. The molecule has 200 valence electrons. The van der Waals surface area contributed by atoms with Gasteiger partial charge >= 0.3 is 6.21 Å². The van der Waals surface area contributed by atoms with Crippen LogP contribution in [0.4, 0.5) is 0 Å². The molecule has 10 atom stereocenters. The lowest BCUT2D eigenvalue weighted by molar-refractivity contribution is -0.247. The Morgan fingerprint density at radius 3 is 2.33 bits per heavy atom. The van der Waals surface area contributed by atoms with Crippen LogP contribution >= 0.6 is 0 Å². The minimum Gasteiger partial charge on any atom is -0.393 e. The molecule has 5 saturated carbocycles. The summed E-state index contributed by atoms with van der Waals surface area (Å²) in [6, 6.07) is 0. The Morgan fingerprint density at radius 2 is 1.67 bits per heavy atom. The first kappa shape index (κ1) is 26.4. The van der Waals surface area contributed by atoms with Crippen LogP contribution in [0.25, 0.3) is 5.53 Å². The fourth-order valence-corrected chi connectivity index (χ4v) is 12.0. The average Bonchev–Trinajstić information content (AvgIpc) is 3.17. The molecule has 1 N–H and O–H groups in total. The molecule has 5 aliphatic rings. The van der Waals surface area contributed by atoms with Gasteiger partial charge in [0.2, 0.25) is 5.78 Å². The Balaban J connectivity index is 1.54. The Morgan fingerprint density at radius 1 is 0.944 bits per heavy atom. The molecular weight excluding hydrogens is 444 g/mol. The molecule has 0 spiro atoms. The fraction of sp³-hybridized carbons (Fsp3) is 0.875. The lowest BCUT2D eigenvalue weighted by Gasteiger charge is -2.73. The summed E-state index contributed by atoms with van der Waals surface area (Å²) in [5, 5.41) is 11.0. The number of carbonyl (C=O) groups is 1. The molecule has 0 radical (unpaired) electrons. The SMILES string of the molecule is C=C(C)[C@@H]1CC[C@]2(CC(=O)C=[N+]=[N-])CC[C@]3(C)[C@H](CC[C@@H]4[C@@]5(C)CC[C@H](O)C(C)(C)[C@@H]5CC[C@]43C)[C@@H]12. The number of aliphatic hydroxyl groups is 1. The molecule has 4 nitrogen and oxygen atoms in total. The zero-order chi connectivity index (χ0) is 26.3. The van der Waals surface area contributed by atoms with Gasteiger partial charge in [-0.2, -0.15) is 4.79 Å². The van der Waals surface area contributed by atoms with E-state index >= 15 is 0 Å². The maximum absolute atomic E-state index is 12.8. The molecule has 0 unspecified atom stereocenters. The van der Waals surface area contributed by atoms with Gasteiger partial charge in [0.1, 0.15) is 0 Å². The molecule has 0 saturated heterocycles. The van der Waals surface area contributed by atoms with Gasteiger partial charge in [0.15, 0.2) is 0 Å². The van der Waals surface area contributed by atoms with Crippen LogP contribution in [-0.2, 0) is 4.79 Å². The van der Waals surface area contributed by atoms with Crippen molar-refractivity contribution < 1.29 is 14.7 Å².